The van der Waals surface area contributed by atoms with E-state index in [4.69, 9.17) is 11.6 Å². The van der Waals surface area contributed by atoms with Gasteiger partial charge >= 0.3 is 0 Å². The van der Waals surface area contributed by atoms with Crippen LogP contribution in [0.15, 0.2) is 34.4 Å². The van der Waals surface area contributed by atoms with E-state index >= 15 is 0 Å². The van der Waals surface area contributed by atoms with Crippen LogP contribution in [-0.4, -0.2) is 17.7 Å². The summed E-state index contributed by atoms with van der Waals surface area (Å²) in [6, 6.07) is 7.83. The number of anilines is 1. The molecule has 1 N–H and O–H groups in total. The molecule has 5 heteroatoms. The van der Waals surface area contributed by atoms with Crippen molar-refractivity contribution in [3.8, 4) is 0 Å². The summed E-state index contributed by atoms with van der Waals surface area (Å²) in [7, 11) is 0. The molecule has 4 nitrogen and oxygen atoms in total. The van der Waals surface area contributed by atoms with Crippen molar-refractivity contribution in [1.82, 2.24) is 5.43 Å². The first-order chi connectivity index (χ1) is 6.86. The lowest BCUT2D eigenvalue weighted by molar-refractivity contribution is 0.720. The number of hydrogen-bond donors (Lipinski definition) is 1. The average Bonchev–Trinajstić information content (AvgIpc) is 2.67. The van der Waals surface area contributed by atoms with Crippen LogP contribution in [-0.2, 0) is 0 Å². The number of benzene rings is 1. The molecule has 0 aliphatic carbocycles. The maximum Gasteiger partial charge on any atom is 0.174 e. The molecule has 0 fully saturated rings. The fourth-order valence-corrected chi connectivity index (χ4v) is 1.86. The summed E-state index contributed by atoms with van der Waals surface area (Å²) in [5, 5.41) is 4.48. The summed E-state index contributed by atoms with van der Waals surface area (Å²) < 4.78 is 0. The summed E-state index contributed by atoms with van der Waals surface area (Å²) in [5.41, 5.74) is 4.78. The zero-order chi connectivity index (χ0) is 9.54. The zero-order valence-corrected chi connectivity index (χ0v) is 7.94. The number of halogens is 1. The van der Waals surface area contributed by atoms with Crippen LogP contribution in [0.4, 0.5) is 11.4 Å². The molecule has 14 heavy (non-hydrogen) atoms. The monoisotopic (exact) mass is 206 g/mol. The van der Waals surface area contributed by atoms with Crippen molar-refractivity contribution in [2.75, 3.05) is 4.90 Å². The Morgan fingerprint density at radius 1 is 1.36 bits per heavy atom. The van der Waals surface area contributed by atoms with Crippen molar-refractivity contribution in [2.45, 2.75) is 6.17 Å². The van der Waals surface area contributed by atoms with Crippen LogP contribution < -0.4 is 10.3 Å². The number of nitrogens with zero attached hydrogens (tertiary/aromatic N) is 3. The van der Waals surface area contributed by atoms with Crippen molar-refractivity contribution in [3.05, 3.63) is 24.3 Å². The van der Waals surface area contributed by atoms with Gasteiger partial charge in [-0.05, 0) is 12.1 Å². The molecule has 0 spiro atoms. The van der Waals surface area contributed by atoms with Gasteiger partial charge in [0.2, 0.25) is 0 Å². The van der Waals surface area contributed by atoms with Crippen LogP contribution in [0, 0.1) is 0 Å². The molecule has 2 aliphatic rings. The van der Waals surface area contributed by atoms with E-state index in [0.717, 1.165) is 11.4 Å². The van der Waals surface area contributed by atoms with Gasteiger partial charge in [0.1, 0.15) is 6.34 Å². The zero-order valence-electron chi connectivity index (χ0n) is 7.18. The van der Waals surface area contributed by atoms with Gasteiger partial charge < -0.3 is 4.90 Å². The number of rotatable bonds is 0. The largest absolute Gasteiger partial charge is 0.300 e. The average molecular weight is 207 g/mol. The van der Waals surface area contributed by atoms with Gasteiger partial charge in [0, 0.05) is 0 Å². The van der Waals surface area contributed by atoms with Gasteiger partial charge in [-0.3, -0.25) is 5.43 Å². The molecule has 2 heterocycles. The van der Waals surface area contributed by atoms with E-state index in [1.807, 2.05) is 29.2 Å². The Bertz CT molecular complexity index is 440. The van der Waals surface area contributed by atoms with Crippen molar-refractivity contribution >= 4 is 34.5 Å². The predicted molar refractivity (Wildman–Crippen MR) is 57.3 cm³/mol. The Morgan fingerprint density at radius 2 is 2.21 bits per heavy atom. The summed E-state index contributed by atoms with van der Waals surface area (Å²) >= 11 is 6.01. The topological polar surface area (TPSA) is 40.0 Å². The SMILES string of the molecule is ClC1=Nc2ccccc2N2C=NN[C@H]12. The molecule has 0 saturated carbocycles. The Morgan fingerprint density at radius 3 is 3.14 bits per heavy atom. The number of fused-ring (bicyclic) bond motifs is 3. The van der Waals surface area contributed by atoms with E-state index in [1.165, 1.54) is 0 Å². The fraction of sp³-hybridized carbons (Fsp3) is 0.111. The second kappa shape index (κ2) is 2.72. The third kappa shape index (κ3) is 0.943. The molecule has 0 radical (unpaired) electrons. The molecule has 70 valence electrons. The lowest BCUT2D eigenvalue weighted by Crippen LogP contribution is -2.43. The van der Waals surface area contributed by atoms with Crippen molar-refractivity contribution in [2.24, 2.45) is 10.1 Å². The van der Waals surface area contributed by atoms with Crippen LogP contribution in [0.25, 0.3) is 0 Å². The van der Waals surface area contributed by atoms with Crippen molar-refractivity contribution < 1.29 is 0 Å². The molecule has 0 aromatic heterocycles. The molecule has 0 amide bonds. The molecule has 0 unspecified atom stereocenters. The number of hydrazone groups is 1. The van der Waals surface area contributed by atoms with Gasteiger partial charge in [-0.1, -0.05) is 23.7 Å². The summed E-state index contributed by atoms with van der Waals surface area (Å²) in [6.45, 7) is 0. The molecule has 2 aliphatic heterocycles. The van der Waals surface area contributed by atoms with Gasteiger partial charge in [0.25, 0.3) is 0 Å². The Hall–Kier alpha value is -1.55. The Labute approximate surface area is 85.9 Å². The molecular weight excluding hydrogens is 200 g/mol. The van der Waals surface area contributed by atoms with E-state index in [1.54, 1.807) is 6.34 Å². The number of nitrogens with one attached hydrogen (secondary N) is 1. The standard InChI is InChI=1S/C9H7ClN4/c10-8-9-13-11-5-14(9)7-4-2-1-3-6(7)12-8/h1-5,9,13H/t9-/m0/s1. The molecule has 1 aromatic rings. The van der Waals surface area contributed by atoms with Gasteiger partial charge in [-0.25, -0.2) is 4.99 Å². The number of para-hydroxylation sites is 2. The first-order valence-corrected chi connectivity index (χ1v) is 4.64. The normalized spacial score (nSPS) is 22.5. The van der Waals surface area contributed by atoms with Crippen molar-refractivity contribution in [1.29, 1.82) is 0 Å². The van der Waals surface area contributed by atoms with E-state index in [-0.39, 0.29) is 6.17 Å². The van der Waals surface area contributed by atoms with Gasteiger partial charge in [0.15, 0.2) is 11.3 Å². The van der Waals surface area contributed by atoms with E-state index in [9.17, 15) is 0 Å². The molecule has 3 rings (SSSR count). The quantitative estimate of drug-likeness (QED) is 0.701. The van der Waals surface area contributed by atoms with Gasteiger partial charge in [0.05, 0.1) is 11.4 Å². The molecule has 0 bridgehead atoms. The smallest absolute Gasteiger partial charge is 0.174 e. The van der Waals surface area contributed by atoms with Crippen LogP contribution in [0.3, 0.4) is 0 Å². The predicted octanol–water partition coefficient (Wildman–Crippen LogP) is 1.65. The highest BCUT2D eigenvalue weighted by Gasteiger charge is 2.30. The summed E-state index contributed by atoms with van der Waals surface area (Å²) in [6.07, 6.45) is 1.59. The van der Waals surface area contributed by atoms with Crippen LogP contribution in [0.1, 0.15) is 0 Å². The summed E-state index contributed by atoms with van der Waals surface area (Å²) in [5.74, 6) is 0. The molecule has 0 saturated heterocycles. The van der Waals surface area contributed by atoms with E-state index < -0.39 is 0 Å². The van der Waals surface area contributed by atoms with Crippen LogP contribution in [0.5, 0.6) is 0 Å². The second-order valence-corrected chi connectivity index (χ2v) is 3.49. The van der Waals surface area contributed by atoms with Gasteiger partial charge in [-0.15, -0.1) is 0 Å². The first kappa shape index (κ1) is 7.82. The van der Waals surface area contributed by atoms with Crippen molar-refractivity contribution in [3.63, 3.8) is 0 Å². The maximum absolute atomic E-state index is 6.01. The number of aliphatic imine (C=N–C) groups is 1. The van der Waals surface area contributed by atoms with Crippen LogP contribution in [0.2, 0.25) is 0 Å². The van der Waals surface area contributed by atoms with Gasteiger partial charge in [-0.2, -0.15) is 5.10 Å². The minimum atomic E-state index is -0.133. The third-order valence-corrected chi connectivity index (χ3v) is 2.56. The Kier molecular flexibility index (Phi) is 1.52. The molecule has 1 aromatic carbocycles. The lowest BCUT2D eigenvalue weighted by Gasteiger charge is -2.27. The minimum Gasteiger partial charge on any atom is -0.300 e. The highest BCUT2D eigenvalue weighted by molar-refractivity contribution is 6.67. The van der Waals surface area contributed by atoms with Crippen LogP contribution >= 0.6 is 11.6 Å². The van der Waals surface area contributed by atoms with E-state index in [2.05, 4.69) is 15.5 Å². The summed E-state index contributed by atoms with van der Waals surface area (Å²) in [4.78, 5) is 6.25. The van der Waals surface area contributed by atoms with E-state index in [0.29, 0.717) is 5.17 Å². The third-order valence-electron chi connectivity index (χ3n) is 2.27. The molecular formula is C9H7ClN4. The highest BCUT2D eigenvalue weighted by Crippen LogP contribution is 2.34. The second-order valence-electron chi connectivity index (χ2n) is 3.11. The number of hydrogen-bond acceptors (Lipinski definition) is 4. The first-order valence-electron chi connectivity index (χ1n) is 4.26. The fourth-order valence-electron chi connectivity index (χ4n) is 1.62. The Balaban J connectivity index is 2.20. The minimum absolute atomic E-state index is 0.133. The highest BCUT2D eigenvalue weighted by atomic mass is 35.5. The molecule has 1 atom stereocenters. The maximum atomic E-state index is 6.01. The lowest BCUT2D eigenvalue weighted by atomic mass is 10.2.